The molecule has 1 aromatic carbocycles. The second kappa shape index (κ2) is 8.92. The monoisotopic (exact) mass is 352 g/mol. The van der Waals surface area contributed by atoms with Gasteiger partial charge in [-0.25, -0.2) is 0 Å². The van der Waals surface area contributed by atoms with Crippen LogP contribution in [-0.4, -0.2) is 36.4 Å². The molecule has 0 aromatic heterocycles. The molecule has 0 bridgehead atoms. The van der Waals surface area contributed by atoms with Crippen LogP contribution in [0.15, 0.2) is 18.2 Å². The first kappa shape index (κ1) is 18.6. The second-order valence-corrected chi connectivity index (χ2v) is 6.56. The largest absolute Gasteiger partial charge is 0.495 e. The molecule has 0 heterocycles. The minimum atomic E-state index is -0.127. The number of nitrogens with one attached hydrogen (secondary N) is 1. The maximum Gasteiger partial charge on any atom is 0.226 e. The molecule has 2 amide bonds. The molecule has 0 spiro atoms. The van der Waals surface area contributed by atoms with E-state index in [9.17, 15) is 9.59 Å². The first-order valence-electron chi connectivity index (χ1n) is 8.42. The number of halogens is 1. The fourth-order valence-corrected chi connectivity index (χ4v) is 3.44. The lowest BCUT2D eigenvalue weighted by molar-refractivity contribution is -0.132. The Morgan fingerprint density at radius 3 is 2.58 bits per heavy atom. The third-order valence-electron chi connectivity index (χ3n) is 4.44. The number of carbonyl (C=O) groups is 2. The Morgan fingerprint density at radius 2 is 2.00 bits per heavy atom. The van der Waals surface area contributed by atoms with Crippen molar-refractivity contribution in [1.82, 2.24) is 4.90 Å². The number of anilines is 1. The number of nitrogens with zero attached hydrogens (tertiary/aromatic N) is 1. The van der Waals surface area contributed by atoms with E-state index in [0.717, 1.165) is 25.7 Å². The Kier molecular flexibility index (Phi) is 6.91. The van der Waals surface area contributed by atoms with E-state index in [1.54, 1.807) is 32.2 Å². The molecule has 2 rings (SSSR count). The molecule has 5 nitrogen and oxygen atoms in total. The number of amides is 2. The first-order valence-corrected chi connectivity index (χ1v) is 8.79. The van der Waals surface area contributed by atoms with E-state index in [1.165, 1.54) is 6.42 Å². The minimum Gasteiger partial charge on any atom is -0.495 e. The van der Waals surface area contributed by atoms with Crippen LogP contribution >= 0.6 is 11.6 Å². The highest BCUT2D eigenvalue weighted by Gasteiger charge is 2.23. The second-order valence-electron chi connectivity index (χ2n) is 6.15. The van der Waals surface area contributed by atoms with E-state index >= 15 is 0 Å². The number of methoxy groups -OCH3 is 1. The van der Waals surface area contributed by atoms with Gasteiger partial charge in [-0.05, 0) is 31.0 Å². The molecular formula is C18H25ClN2O3. The summed E-state index contributed by atoms with van der Waals surface area (Å²) in [6, 6.07) is 5.38. The van der Waals surface area contributed by atoms with Crippen molar-refractivity contribution in [2.75, 3.05) is 19.0 Å². The van der Waals surface area contributed by atoms with Gasteiger partial charge in [0.2, 0.25) is 11.8 Å². The van der Waals surface area contributed by atoms with Crippen LogP contribution in [-0.2, 0) is 9.59 Å². The molecule has 1 N–H and O–H groups in total. The SMILES string of the molecule is COc1ccc(NC(=O)CCN(C(C)=O)C2CCCCC2)cc1Cl. The highest BCUT2D eigenvalue weighted by Crippen LogP contribution is 2.27. The molecule has 132 valence electrons. The van der Waals surface area contributed by atoms with Gasteiger partial charge in [0.05, 0.1) is 12.1 Å². The molecule has 0 atom stereocenters. The lowest BCUT2D eigenvalue weighted by Gasteiger charge is -2.33. The van der Waals surface area contributed by atoms with Gasteiger partial charge in [0.1, 0.15) is 5.75 Å². The van der Waals surface area contributed by atoms with Crippen LogP contribution in [0.25, 0.3) is 0 Å². The molecule has 24 heavy (non-hydrogen) atoms. The van der Waals surface area contributed by atoms with Gasteiger partial charge in [-0.2, -0.15) is 0 Å². The summed E-state index contributed by atoms with van der Waals surface area (Å²) in [7, 11) is 1.54. The van der Waals surface area contributed by atoms with E-state index in [4.69, 9.17) is 16.3 Å². The van der Waals surface area contributed by atoms with Crippen molar-refractivity contribution in [3.63, 3.8) is 0 Å². The minimum absolute atomic E-state index is 0.0437. The molecule has 1 aliphatic rings. The van der Waals surface area contributed by atoms with Crippen LogP contribution in [0.5, 0.6) is 5.75 Å². The summed E-state index contributed by atoms with van der Waals surface area (Å²) >= 11 is 6.05. The lowest BCUT2D eigenvalue weighted by atomic mass is 9.94. The van der Waals surface area contributed by atoms with Crippen molar-refractivity contribution in [3.05, 3.63) is 23.2 Å². The highest BCUT2D eigenvalue weighted by atomic mass is 35.5. The van der Waals surface area contributed by atoms with E-state index in [2.05, 4.69) is 5.32 Å². The average molecular weight is 353 g/mol. The normalized spacial score (nSPS) is 15.0. The van der Waals surface area contributed by atoms with Crippen molar-refractivity contribution in [2.45, 2.75) is 51.5 Å². The highest BCUT2D eigenvalue weighted by molar-refractivity contribution is 6.32. The maximum absolute atomic E-state index is 12.2. The van der Waals surface area contributed by atoms with Crippen LogP contribution in [0.3, 0.4) is 0 Å². The molecule has 1 aromatic rings. The van der Waals surface area contributed by atoms with Crippen molar-refractivity contribution in [2.24, 2.45) is 0 Å². The van der Waals surface area contributed by atoms with Crippen LogP contribution < -0.4 is 10.1 Å². The number of hydrogen-bond donors (Lipinski definition) is 1. The summed E-state index contributed by atoms with van der Waals surface area (Å²) < 4.78 is 5.09. The van der Waals surface area contributed by atoms with Gasteiger partial charge in [0, 0.05) is 31.6 Å². The topological polar surface area (TPSA) is 58.6 Å². The zero-order valence-corrected chi connectivity index (χ0v) is 15.1. The third-order valence-corrected chi connectivity index (χ3v) is 4.73. The summed E-state index contributed by atoms with van der Waals surface area (Å²) in [4.78, 5) is 25.9. The third kappa shape index (κ3) is 5.13. The van der Waals surface area contributed by atoms with Gasteiger partial charge < -0.3 is 15.0 Å². The Hall–Kier alpha value is -1.75. The fraction of sp³-hybridized carbons (Fsp3) is 0.556. The number of carbonyl (C=O) groups excluding carboxylic acids is 2. The van der Waals surface area contributed by atoms with Gasteiger partial charge in [0.25, 0.3) is 0 Å². The predicted molar refractivity (Wildman–Crippen MR) is 95.5 cm³/mol. The Labute approximate surface area is 148 Å². The lowest BCUT2D eigenvalue weighted by Crippen LogP contribution is -2.41. The number of ether oxygens (including phenoxy) is 1. The predicted octanol–water partition coefficient (Wildman–Crippen LogP) is 3.86. The Morgan fingerprint density at radius 1 is 1.29 bits per heavy atom. The van der Waals surface area contributed by atoms with Gasteiger partial charge in [-0.15, -0.1) is 0 Å². The first-order chi connectivity index (χ1) is 11.5. The van der Waals surface area contributed by atoms with Crippen molar-refractivity contribution in [1.29, 1.82) is 0 Å². The van der Waals surface area contributed by atoms with Crippen LogP contribution in [0, 0.1) is 0 Å². The molecule has 1 fully saturated rings. The number of hydrogen-bond acceptors (Lipinski definition) is 3. The summed E-state index contributed by atoms with van der Waals surface area (Å²) in [6.45, 7) is 2.03. The molecule has 0 unspecified atom stereocenters. The standard InChI is InChI=1S/C18H25ClN2O3/c1-13(22)21(15-6-4-3-5-7-15)11-10-18(23)20-14-8-9-17(24-2)16(19)12-14/h8-9,12,15H,3-7,10-11H2,1-2H3,(H,20,23). The average Bonchev–Trinajstić information content (AvgIpc) is 2.56. The summed E-state index contributed by atoms with van der Waals surface area (Å²) in [6.07, 6.45) is 5.90. The molecule has 0 aliphatic heterocycles. The van der Waals surface area contributed by atoms with E-state index < -0.39 is 0 Å². The van der Waals surface area contributed by atoms with Gasteiger partial charge in [0.15, 0.2) is 0 Å². The van der Waals surface area contributed by atoms with Gasteiger partial charge in [-0.1, -0.05) is 30.9 Å². The smallest absolute Gasteiger partial charge is 0.226 e. The molecule has 1 aliphatic carbocycles. The molecule has 0 saturated heterocycles. The molecular weight excluding hydrogens is 328 g/mol. The quantitative estimate of drug-likeness (QED) is 0.845. The zero-order valence-electron chi connectivity index (χ0n) is 14.3. The number of rotatable bonds is 6. The van der Waals surface area contributed by atoms with Gasteiger partial charge >= 0.3 is 0 Å². The van der Waals surface area contributed by atoms with Crippen LogP contribution in [0.1, 0.15) is 45.4 Å². The molecule has 0 radical (unpaired) electrons. The van der Waals surface area contributed by atoms with Crippen LogP contribution in [0.4, 0.5) is 5.69 Å². The molecule has 6 heteroatoms. The van der Waals surface area contributed by atoms with Crippen molar-refractivity contribution in [3.8, 4) is 5.75 Å². The van der Waals surface area contributed by atoms with Crippen molar-refractivity contribution >= 4 is 29.1 Å². The summed E-state index contributed by atoms with van der Waals surface area (Å²) in [5.41, 5.74) is 0.623. The van der Waals surface area contributed by atoms with Crippen LogP contribution in [0.2, 0.25) is 5.02 Å². The molecule has 1 saturated carbocycles. The maximum atomic E-state index is 12.2. The van der Waals surface area contributed by atoms with E-state index in [0.29, 0.717) is 23.0 Å². The summed E-state index contributed by atoms with van der Waals surface area (Å²) in [5, 5.41) is 3.26. The van der Waals surface area contributed by atoms with Crippen molar-refractivity contribution < 1.29 is 14.3 Å². The zero-order chi connectivity index (χ0) is 17.5. The van der Waals surface area contributed by atoms with E-state index in [-0.39, 0.29) is 24.3 Å². The number of benzene rings is 1. The Bertz CT molecular complexity index is 586. The summed E-state index contributed by atoms with van der Waals surface area (Å²) in [5.74, 6) is 0.482. The van der Waals surface area contributed by atoms with E-state index in [1.807, 2.05) is 4.90 Å². The fourth-order valence-electron chi connectivity index (χ4n) is 3.18. The van der Waals surface area contributed by atoms with Gasteiger partial charge in [-0.3, -0.25) is 9.59 Å². The Balaban J connectivity index is 1.88.